The number of urea groups is 1. The molecular weight excluding hydrogens is 340 g/mol. The first-order chi connectivity index (χ1) is 12.4. The average molecular weight is 361 g/mol. The Labute approximate surface area is 150 Å². The maximum absolute atomic E-state index is 13.7. The maximum atomic E-state index is 13.7. The minimum Gasteiger partial charge on any atom is -0.481 e. The number of anilines is 1. The van der Waals surface area contributed by atoms with E-state index >= 15 is 0 Å². The standard InChI is InChI=1S/C19H21F2N3O2/c1-19(20,21)14-5-3-4-6-15(14)23-18(25)24-17(12-7-8-12)13-9-10-16(26-2)22-11-13/h3-6,9-12,17H,7-8H2,1-2H3,(H2,23,24,25). The van der Waals surface area contributed by atoms with Crippen molar-refractivity contribution in [2.75, 3.05) is 12.4 Å². The molecule has 1 aliphatic carbocycles. The molecule has 138 valence electrons. The van der Waals surface area contributed by atoms with E-state index in [-0.39, 0.29) is 17.3 Å². The van der Waals surface area contributed by atoms with Crippen molar-refractivity contribution < 1.29 is 18.3 Å². The number of benzene rings is 1. The van der Waals surface area contributed by atoms with E-state index in [1.165, 1.54) is 25.3 Å². The first-order valence-electron chi connectivity index (χ1n) is 8.43. The Bertz CT molecular complexity index is 771. The van der Waals surface area contributed by atoms with E-state index in [9.17, 15) is 13.6 Å². The number of carbonyl (C=O) groups excluding carboxylic acids is 1. The minimum atomic E-state index is -3.04. The summed E-state index contributed by atoms with van der Waals surface area (Å²) in [5, 5.41) is 5.43. The van der Waals surface area contributed by atoms with Crippen molar-refractivity contribution in [3.8, 4) is 5.88 Å². The lowest BCUT2D eigenvalue weighted by Crippen LogP contribution is -2.34. The van der Waals surface area contributed by atoms with Gasteiger partial charge in [0.2, 0.25) is 5.88 Å². The first-order valence-corrected chi connectivity index (χ1v) is 8.43. The van der Waals surface area contributed by atoms with Gasteiger partial charge in [0.25, 0.3) is 5.92 Å². The number of carbonyl (C=O) groups is 1. The summed E-state index contributed by atoms with van der Waals surface area (Å²) < 4.78 is 32.5. The Morgan fingerprint density at radius 2 is 2.00 bits per heavy atom. The third-order valence-electron chi connectivity index (χ3n) is 4.36. The molecule has 1 aromatic carbocycles. The van der Waals surface area contributed by atoms with Crippen LogP contribution >= 0.6 is 0 Å². The second kappa shape index (κ2) is 7.27. The van der Waals surface area contributed by atoms with Crippen LogP contribution in [0.2, 0.25) is 0 Å². The number of rotatable bonds is 6. The fourth-order valence-electron chi connectivity index (χ4n) is 2.87. The van der Waals surface area contributed by atoms with Gasteiger partial charge in [0.05, 0.1) is 18.8 Å². The van der Waals surface area contributed by atoms with Gasteiger partial charge in [-0.1, -0.05) is 24.3 Å². The number of hydrogen-bond acceptors (Lipinski definition) is 3. The largest absolute Gasteiger partial charge is 0.481 e. The van der Waals surface area contributed by atoms with Gasteiger partial charge in [-0.2, -0.15) is 0 Å². The summed E-state index contributed by atoms with van der Waals surface area (Å²) in [6.45, 7) is 0.807. The van der Waals surface area contributed by atoms with Crippen molar-refractivity contribution in [3.05, 3.63) is 53.7 Å². The second-order valence-electron chi connectivity index (χ2n) is 6.48. The molecule has 2 N–H and O–H groups in total. The first kappa shape index (κ1) is 18.1. The molecule has 0 radical (unpaired) electrons. The van der Waals surface area contributed by atoms with Crippen molar-refractivity contribution in [2.45, 2.75) is 31.7 Å². The molecule has 0 spiro atoms. The van der Waals surface area contributed by atoms with E-state index in [1.54, 1.807) is 18.3 Å². The molecule has 1 saturated carbocycles. The van der Waals surface area contributed by atoms with Gasteiger partial charge in [0, 0.05) is 24.8 Å². The van der Waals surface area contributed by atoms with Gasteiger partial charge < -0.3 is 15.4 Å². The fourth-order valence-corrected chi connectivity index (χ4v) is 2.87. The van der Waals surface area contributed by atoms with E-state index in [1.807, 2.05) is 6.07 Å². The quantitative estimate of drug-likeness (QED) is 0.798. The summed E-state index contributed by atoms with van der Waals surface area (Å²) in [5.41, 5.74) is 0.738. The van der Waals surface area contributed by atoms with Gasteiger partial charge in [-0.05, 0) is 30.4 Å². The van der Waals surface area contributed by atoms with Crippen LogP contribution in [0.25, 0.3) is 0 Å². The molecule has 1 atom stereocenters. The van der Waals surface area contributed by atoms with Gasteiger partial charge in [-0.15, -0.1) is 0 Å². The molecule has 7 heteroatoms. The molecule has 26 heavy (non-hydrogen) atoms. The lowest BCUT2D eigenvalue weighted by molar-refractivity contribution is 0.0183. The highest BCUT2D eigenvalue weighted by Crippen LogP contribution is 2.41. The van der Waals surface area contributed by atoms with Crippen LogP contribution in [0, 0.1) is 5.92 Å². The fraction of sp³-hybridized carbons (Fsp3) is 0.368. The summed E-state index contributed by atoms with van der Waals surface area (Å²) in [4.78, 5) is 16.6. The van der Waals surface area contributed by atoms with Crippen molar-refractivity contribution in [2.24, 2.45) is 5.92 Å². The van der Waals surface area contributed by atoms with Gasteiger partial charge in [0.15, 0.2) is 0 Å². The van der Waals surface area contributed by atoms with Crippen LogP contribution in [0.5, 0.6) is 5.88 Å². The van der Waals surface area contributed by atoms with E-state index in [4.69, 9.17) is 4.74 Å². The minimum absolute atomic E-state index is 0.0971. The molecule has 1 aliphatic rings. The SMILES string of the molecule is COc1ccc(C(NC(=O)Nc2ccccc2C(C)(F)F)C2CC2)cn1. The van der Waals surface area contributed by atoms with Gasteiger partial charge >= 0.3 is 6.03 Å². The van der Waals surface area contributed by atoms with Crippen molar-refractivity contribution in [1.29, 1.82) is 0 Å². The summed E-state index contributed by atoms with van der Waals surface area (Å²) in [5.74, 6) is -2.23. The van der Waals surface area contributed by atoms with Crippen LogP contribution in [0.4, 0.5) is 19.3 Å². The molecule has 5 nitrogen and oxygen atoms in total. The summed E-state index contributed by atoms with van der Waals surface area (Å²) in [6.07, 6.45) is 3.66. The predicted molar refractivity (Wildman–Crippen MR) is 94.4 cm³/mol. The zero-order valence-corrected chi connectivity index (χ0v) is 14.6. The second-order valence-corrected chi connectivity index (χ2v) is 6.48. The van der Waals surface area contributed by atoms with E-state index in [2.05, 4.69) is 15.6 Å². The Hall–Kier alpha value is -2.70. The Morgan fingerprint density at radius 1 is 1.27 bits per heavy atom. The van der Waals surface area contributed by atoms with Crippen molar-refractivity contribution >= 4 is 11.7 Å². The lowest BCUT2D eigenvalue weighted by Gasteiger charge is -2.21. The van der Waals surface area contributed by atoms with Crippen LogP contribution in [0.1, 0.15) is 36.9 Å². The molecular formula is C19H21F2N3O2. The number of nitrogens with one attached hydrogen (secondary N) is 2. The highest BCUT2D eigenvalue weighted by Gasteiger charge is 2.34. The van der Waals surface area contributed by atoms with E-state index in [0.29, 0.717) is 11.8 Å². The molecule has 2 amide bonds. The number of aromatic nitrogens is 1. The van der Waals surface area contributed by atoms with Crippen molar-refractivity contribution in [3.63, 3.8) is 0 Å². The molecule has 1 heterocycles. The highest BCUT2D eigenvalue weighted by molar-refractivity contribution is 5.90. The molecule has 0 aliphatic heterocycles. The molecule has 0 saturated heterocycles. The normalized spacial score (nSPS) is 15.2. The molecule has 3 rings (SSSR count). The van der Waals surface area contributed by atoms with E-state index < -0.39 is 12.0 Å². The molecule has 2 aromatic rings. The number of methoxy groups -OCH3 is 1. The van der Waals surface area contributed by atoms with Gasteiger partial charge in [-0.3, -0.25) is 0 Å². The number of alkyl halides is 2. The Balaban J connectivity index is 1.73. The van der Waals surface area contributed by atoms with Crippen LogP contribution in [0.3, 0.4) is 0 Å². The van der Waals surface area contributed by atoms with Gasteiger partial charge in [-0.25, -0.2) is 18.6 Å². The number of para-hydroxylation sites is 1. The number of nitrogens with zero attached hydrogens (tertiary/aromatic N) is 1. The van der Waals surface area contributed by atoms with Gasteiger partial charge in [0.1, 0.15) is 0 Å². The Kier molecular flexibility index (Phi) is 5.06. The summed E-state index contributed by atoms with van der Waals surface area (Å²) in [6, 6.07) is 8.75. The van der Waals surface area contributed by atoms with Crippen molar-refractivity contribution in [1.82, 2.24) is 10.3 Å². The predicted octanol–water partition coefficient (Wildman–Crippen LogP) is 4.47. The van der Waals surface area contributed by atoms with Crippen LogP contribution in [-0.4, -0.2) is 18.1 Å². The zero-order valence-electron chi connectivity index (χ0n) is 14.6. The number of halogens is 2. The smallest absolute Gasteiger partial charge is 0.319 e. The summed E-state index contributed by atoms with van der Waals surface area (Å²) in [7, 11) is 1.53. The molecule has 1 unspecified atom stereocenters. The van der Waals surface area contributed by atoms with Crippen LogP contribution in [-0.2, 0) is 5.92 Å². The monoisotopic (exact) mass is 361 g/mol. The number of pyridine rings is 1. The topological polar surface area (TPSA) is 63.2 Å². The van der Waals surface area contributed by atoms with E-state index in [0.717, 1.165) is 25.3 Å². The molecule has 1 aromatic heterocycles. The number of ether oxygens (including phenoxy) is 1. The zero-order chi connectivity index (χ0) is 18.7. The maximum Gasteiger partial charge on any atom is 0.319 e. The number of amides is 2. The Morgan fingerprint density at radius 3 is 2.58 bits per heavy atom. The van der Waals surface area contributed by atoms with Crippen LogP contribution < -0.4 is 15.4 Å². The summed E-state index contributed by atoms with van der Waals surface area (Å²) >= 11 is 0. The number of hydrogen-bond donors (Lipinski definition) is 2. The third kappa shape index (κ3) is 4.28. The lowest BCUT2D eigenvalue weighted by atomic mass is 10.0. The third-order valence-corrected chi connectivity index (χ3v) is 4.36. The highest BCUT2D eigenvalue weighted by atomic mass is 19.3. The molecule has 1 fully saturated rings. The van der Waals surface area contributed by atoms with Crippen LogP contribution in [0.15, 0.2) is 42.6 Å². The molecule has 0 bridgehead atoms. The average Bonchev–Trinajstić information content (AvgIpc) is 3.44.